The van der Waals surface area contributed by atoms with Gasteiger partial charge in [0.1, 0.15) is 17.7 Å². The average molecular weight is 534 g/mol. The summed E-state index contributed by atoms with van der Waals surface area (Å²) in [6, 6.07) is 5.75. The molecule has 0 aliphatic heterocycles. The third-order valence-electron chi connectivity index (χ3n) is 6.10. The highest BCUT2D eigenvalue weighted by Gasteiger charge is 2.37. The van der Waals surface area contributed by atoms with Crippen LogP contribution >= 0.6 is 0 Å². The van der Waals surface area contributed by atoms with Gasteiger partial charge in [-0.25, -0.2) is 4.79 Å². The monoisotopic (exact) mass is 533 g/mol. The zero-order chi connectivity index (χ0) is 28.9. The number of rotatable bonds is 14. The number of nitrogens with zero attached hydrogens (tertiary/aromatic N) is 1. The first-order chi connectivity index (χ1) is 17.9. The third kappa shape index (κ3) is 10.7. The van der Waals surface area contributed by atoms with Gasteiger partial charge in [-0.15, -0.1) is 0 Å². The predicted octanol–water partition coefficient (Wildman–Crippen LogP) is 4.54. The molecule has 0 saturated heterocycles. The fourth-order valence-electron chi connectivity index (χ4n) is 3.93. The summed E-state index contributed by atoms with van der Waals surface area (Å²) in [5.74, 6) is -1.38. The van der Waals surface area contributed by atoms with Gasteiger partial charge in [0, 0.05) is 13.1 Å². The van der Waals surface area contributed by atoms with Crippen LogP contribution in [0.2, 0.25) is 0 Å². The Labute approximate surface area is 228 Å². The highest BCUT2D eigenvalue weighted by molar-refractivity contribution is 5.92. The topological polar surface area (TPSA) is 114 Å². The average Bonchev–Trinajstić information content (AvgIpc) is 2.85. The van der Waals surface area contributed by atoms with Crippen LogP contribution in [0.5, 0.6) is 0 Å². The first kappa shape index (κ1) is 32.9. The zero-order valence-electron chi connectivity index (χ0n) is 24.4. The van der Waals surface area contributed by atoms with Crippen molar-refractivity contribution in [1.29, 1.82) is 0 Å². The number of alkyl carbamates (subject to hydrolysis) is 1. The second-order valence-corrected chi connectivity index (χ2v) is 10.4. The van der Waals surface area contributed by atoms with E-state index in [1.54, 1.807) is 27.7 Å². The summed E-state index contributed by atoms with van der Waals surface area (Å²) < 4.78 is 10.4. The number of esters is 1. The van der Waals surface area contributed by atoms with Gasteiger partial charge in [0.2, 0.25) is 11.8 Å². The number of hydrogen-bond donors (Lipinski definition) is 2. The molecular formula is C29H47N3O6. The maximum atomic E-state index is 14.0. The Morgan fingerprint density at radius 2 is 1.63 bits per heavy atom. The minimum absolute atomic E-state index is 0.0263. The van der Waals surface area contributed by atoms with Gasteiger partial charge < -0.3 is 25.0 Å². The smallest absolute Gasteiger partial charge is 0.408 e. The highest BCUT2D eigenvalue weighted by atomic mass is 16.6. The van der Waals surface area contributed by atoms with E-state index in [0.717, 1.165) is 12.0 Å². The second kappa shape index (κ2) is 16.0. The summed E-state index contributed by atoms with van der Waals surface area (Å²) in [5, 5.41) is 5.55. The van der Waals surface area contributed by atoms with Crippen LogP contribution in [0.1, 0.15) is 91.8 Å². The molecule has 0 aromatic heterocycles. The third-order valence-corrected chi connectivity index (χ3v) is 6.10. The molecule has 0 bridgehead atoms. The van der Waals surface area contributed by atoms with E-state index in [1.165, 1.54) is 4.90 Å². The largest absolute Gasteiger partial charge is 0.466 e. The molecule has 0 radical (unpaired) electrons. The molecule has 9 nitrogen and oxygen atoms in total. The number of carbonyl (C=O) groups excluding carboxylic acids is 4. The molecule has 0 fully saturated rings. The molecule has 3 unspecified atom stereocenters. The Hall–Kier alpha value is -3.10. The standard InChI is InChI=1S/C29H47N3O6/c1-9-19-32(27(35)24(20(5)10-2)31-28(36)38-29(6,7)8)25(22-15-13-21(11-3)14-16-22)26(34)30-18-17-23(33)37-12-4/h13-16,20,24-25H,9-12,17-19H2,1-8H3,(H,30,34)(H,31,36). The van der Waals surface area contributed by atoms with Crippen molar-refractivity contribution in [2.45, 2.75) is 98.8 Å². The lowest BCUT2D eigenvalue weighted by Crippen LogP contribution is -2.55. The molecule has 38 heavy (non-hydrogen) atoms. The molecule has 0 aliphatic carbocycles. The molecule has 1 aromatic carbocycles. The second-order valence-electron chi connectivity index (χ2n) is 10.4. The summed E-state index contributed by atoms with van der Waals surface area (Å²) in [6.45, 7) is 15.4. The van der Waals surface area contributed by atoms with Crippen molar-refractivity contribution in [3.63, 3.8) is 0 Å². The lowest BCUT2D eigenvalue weighted by Gasteiger charge is -2.36. The molecule has 1 rings (SSSR count). The fraction of sp³-hybridized carbons (Fsp3) is 0.655. The first-order valence-electron chi connectivity index (χ1n) is 13.7. The van der Waals surface area contributed by atoms with Gasteiger partial charge in [-0.2, -0.15) is 0 Å². The van der Waals surface area contributed by atoms with Gasteiger partial charge >= 0.3 is 12.1 Å². The molecule has 0 saturated carbocycles. The molecular weight excluding hydrogens is 486 g/mol. The maximum Gasteiger partial charge on any atom is 0.408 e. The van der Waals surface area contributed by atoms with E-state index in [-0.39, 0.29) is 31.4 Å². The van der Waals surface area contributed by atoms with Crippen molar-refractivity contribution >= 4 is 23.9 Å². The van der Waals surface area contributed by atoms with E-state index >= 15 is 0 Å². The van der Waals surface area contributed by atoms with Crippen LogP contribution in [-0.2, 0) is 30.3 Å². The van der Waals surface area contributed by atoms with Gasteiger partial charge in [-0.3, -0.25) is 14.4 Å². The normalized spacial score (nSPS) is 13.6. The number of aryl methyl sites for hydroxylation is 1. The summed E-state index contributed by atoms with van der Waals surface area (Å²) in [4.78, 5) is 53.6. The molecule has 0 spiro atoms. The summed E-state index contributed by atoms with van der Waals surface area (Å²) in [6.07, 6.45) is 1.41. The Bertz CT molecular complexity index is 910. The lowest BCUT2D eigenvalue weighted by molar-refractivity contribution is -0.145. The van der Waals surface area contributed by atoms with Crippen LogP contribution in [0.25, 0.3) is 0 Å². The van der Waals surface area contributed by atoms with E-state index in [0.29, 0.717) is 24.9 Å². The molecule has 9 heteroatoms. The highest BCUT2D eigenvalue weighted by Crippen LogP contribution is 2.25. The summed E-state index contributed by atoms with van der Waals surface area (Å²) in [5.41, 5.74) is 1.03. The van der Waals surface area contributed by atoms with E-state index in [2.05, 4.69) is 10.6 Å². The van der Waals surface area contributed by atoms with Crippen LogP contribution in [-0.4, -0.2) is 60.1 Å². The van der Waals surface area contributed by atoms with E-state index in [9.17, 15) is 19.2 Å². The number of hydrogen-bond acceptors (Lipinski definition) is 6. The molecule has 1 aromatic rings. The van der Waals surface area contributed by atoms with Gasteiger partial charge in [-0.05, 0) is 57.6 Å². The van der Waals surface area contributed by atoms with Crippen LogP contribution in [0.4, 0.5) is 4.79 Å². The molecule has 3 atom stereocenters. The molecule has 3 amide bonds. The maximum absolute atomic E-state index is 14.0. The Morgan fingerprint density at radius 3 is 2.13 bits per heavy atom. The predicted molar refractivity (Wildman–Crippen MR) is 147 cm³/mol. The molecule has 0 aliphatic rings. The van der Waals surface area contributed by atoms with Crippen molar-refractivity contribution in [3.8, 4) is 0 Å². The van der Waals surface area contributed by atoms with Gasteiger partial charge in [0.05, 0.1) is 13.0 Å². The quantitative estimate of drug-likeness (QED) is 0.340. The Morgan fingerprint density at radius 1 is 1.00 bits per heavy atom. The minimum atomic E-state index is -0.942. The lowest BCUT2D eigenvalue weighted by atomic mass is 9.95. The summed E-state index contributed by atoms with van der Waals surface area (Å²) >= 11 is 0. The number of amides is 3. The van der Waals surface area contributed by atoms with Gasteiger partial charge in [0.15, 0.2) is 0 Å². The van der Waals surface area contributed by atoms with E-state index in [4.69, 9.17) is 9.47 Å². The number of ether oxygens (including phenoxy) is 2. The summed E-state index contributed by atoms with van der Waals surface area (Å²) in [7, 11) is 0. The van der Waals surface area contributed by atoms with Crippen molar-refractivity contribution in [3.05, 3.63) is 35.4 Å². The molecule has 214 valence electrons. The van der Waals surface area contributed by atoms with Crippen molar-refractivity contribution in [1.82, 2.24) is 15.5 Å². The molecule has 0 heterocycles. The van der Waals surface area contributed by atoms with Crippen molar-refractivity contribution < 1.29 is 28.7 Å². The first-order valence-corrected chi connectivity index (χ1v) is 13.7. The molecule has 2 N–H and O–H groups in total. The number of carbonyl (C=O) groups is 4. The van der Waals surface area contributed by atoms with Gasteiger partial charge in [-0.1, -0.05) is 58.4 Å². The van der Waals surface area contributed by atoms with Crippen LogP contribution < -0.4 is 10.6 Å². The Balaban J connectivity index is 3.38. The van der Waals surface area contributed by atoms with E-state index in [1.807, 2.05) is 52.0 Å². The van der Waals surface area contributed by atoms with Crippen LogP contribution in [0.3, 0.4) is 0 Å². The van der Waals surface area contributed by atoms with Crippen LogP contribution in [0.15, 0.2) is 24.3 Å². The minimum Gasteiger partial charge on any atom is -0.466 e. The Kier molecular flexibility index (Phi) is 13.9. The van der Waals surface area contributed by atoms with Crippen molar-refractivity contribution in [2.24, 2.45) is 5.92 Å². The van der Waals surface area contributed by atoms with Gasteiger partial charge in [0.25, 0.3) is 0 Å². The SMILES string of the molecule is CCCN(C(=O)C(NC(=O)OC(C)(C)C)C(C)CC)C(C(=O)NCCC(=O)OCC)c1ccc(CC)cc1. The zero-order valence-corrected chi connectivity index (χ0v) is 24.4. The van der Waals surface area contributed by atoms with E-state index < -0.39 is 35.7 Å². The number of benzene rings is 1. The van der Waals surface area contributed by atoms with Crippen LogP contribution in [0, 0.1) is 5.92 Å². The number of nitrogens with one attached hydrogen (secondary N) is 2. The fourth-order valence-corrected chi connectivity index (χ4v) is 3.93. The van der Waals surface area contributed by atoms with Crippen molar-refractivity contribution in [2.75, 3.05) is 19.7 Å².